The summed E-state index contributed by atoms with van der Waals surface area (Å²) in [6.07, 6.45) is 32.0. The molecule has 0 saturated carbocycles. The van der Waals surface area contributed by atoms with Crippen LogP contribution in [0.2, 0.25) is 0 Å². The monoisotopic (exact) mass is 705 g/mol. The Balaban J connectivity index is 2.04. The summed E-state index contributed by atoms with van der Waals surface area (Å²) in [7, 11) is 0. The van der Waals surface area contributed by atoms with E-state index in [-0.39, 0.29) is 0 Å². The van der Waals surface area contributed by atoms with Crippen molar-refractivity contribution in [3.63, 3.8) is 0 Å². The van der Waals surface area contributed by atoms with E-state index in [9.17, 15) is 0 Å². The van der Waals surface area contributed by atoms with Crippen molar-refractivity contribution in [2.24, 2.45) is 9.98 Å². The van der Waals surface area contributed by atoms with Crippen LogP contribution in [0.1, 0.15) is 191 Å². The third-order valence-electron chi connectivity index (χ3n) is 10.8. The van der Waals surface area contributed by atoms with Crippen molar-refractivity contribution in [1.82, 2.24) is 0 Å². The normalized spacial score (nSPS) is 12.0. The first-order chi connectivity index (χ1) is 25.6. The van der Waals surface area contributed by atoms with E-state index in [2.05, 4.69) is 102 Å². The topological polar surface area (TPSA) is 24.7 Å². The molecular formula is C50H76N2. The maximum Gasteiger partial charge on any atom is 0.0639 e. The maximum atomic E-state index is 5.33. The Hall–Kier alpha value is -3.00. The van der Waals surface area contributed by atoms with Crippen LogP contribution in [0.25, 0.3) is 11.1 Å². The largest absolute Gasteiger partial charge is 0.255 e. The zero-order valence-corrected chi connectivity index (χ0v) is 34.6. The van der Waals surface area contributed by atoms with Gasteiger partial charge in [0.1, 0.15) is 0 Å². The van der Waals surface area contributed by atoms with Gasteiger partial charge in [0, 0.05) is 6.21 Å². The summed E-state index contributed by atoms with van der Waals surface area (Å²) in [4.78, 5) is 10.5. The standard InChI is InChI=1S/C50H76N2/c1-7-13-18-23-32-43-38-47(37-42(29-17-11-5)48(43)34-27-20-15-9-3)52-45(12-6)40-51-46-36-44(33-24-19-14-8-2)49(35-28-21-16-10-4)50(39-46)41-30-25-22-26-31-41/h22,25-26,30-31,36-40H,7-21,23-24,27-29,32-35H2,1-6H3. The van der Waals surface area contributed by atoms with Crippen LogP contribution >= 0.6 is 0 Å². The Labute approximate surface area is 321 Å². The first-order valence-corrected chi connectivity index (χ1v) is 22.1. The van der Waals surface area contributed by atoms with Gasteiger partial charge in [0.2, 0.25) is 0 Å². The number of aliphatic imine (C=N–C) groups is 2. The second-order valence-corrected chi connectivity index (χ2v) is 15.3. The molecule has 0 atom stereocenters. The maximum absolute atomic E-state index is 5.33. The van der Waals surface area contributed by atoms with E-state index in [1.54, 1.807) is 22.3 Å². The molecule has 0 radical (unpaired) electrons. The van der Waals surface area contributed by atoms with Gasteiger partial charge < -0.3 is 0 Å². The lowest BCUT2D eigenvalue weighted by atomic mass is 9.89. The van der Waals surface area contributed by atoms with Gasteiger partial charge in [0.05, 0.1) is 17.1 Å². The molecule has 2 nitrogen and oxygen atoms in total. The predicted molar refractivity (Wildman–Crippen MR) is 234 cm³/mol. The Morgan fingerprint density at radius 3 is 1.44 bits per heavy atom. The van der Waals surface area contributed by atoms with Crippen molar-refractivity contribution < 1.29 is 0 Å². The lowest BCUT2D eigenvalue weighted by Crippen LogP contribution is -2.03. The molecule has 3 aromatic rings. The SMILES string of the molecule is CCCCCCc1cc(N=C(C=Nc2cc(CCCCCC)c(CCCCCC)c(-c3ccccc3)c2)CC)cc(CCCC)c1CCCCCC. The summed E-state index contributed by atoms with van der Waals surface area (Å²) in [5.41, 5.74) is 13.7. The van der Waals surface area contributed by atoms with Gasteiger partial charge in [-0.05, 0) is 134 Å². The third kappa shape index (κ3) is 15.5. The highest BCUT2D eigenvalue weighted by molar-refractivity contribution is 6.31. The van der Waals surface area contributed by atoms with Crippen LogP contribution in [0.15, 0.2) is 64.6 Å². The second kappa shape index (κ2) is 26.7. The van der Waals surface area contributed by atoms with Crippen molar-refractivity contribution in [2.45, 2.75) is 196 Å². The molecule has 0 aliphatic carbocycles. The molecule has 0 spiro atoms. The van der Waals surface area contributed by atoms with E-state index in [1.165, 1.54) is 145 Å². The summed E-state index contributed by atoms with van der Waals surface area (Å²) in [6.45, 7) is 13.8. The molecule has 0 fully saturated rings. The molecule has 0 aromatic heterocycles. The molecular weight excluding hydrogens is 629 g/mol. The van der Waals surface area contributed by atoms with Crippen molar-refractivity contribution in [3.05, 3.63) is 82.4 Å². The van der Waals surface area contributed by atoms with Crippen LogP contribution in [0, 0.1) is 0 Å². The molecule has 0 heterocycles. The predicted octanol–water partition coefficient (Wildman–Crippen LogP) is 16.1. The first-order valence-electron chi connectivity index (χ1n) is 22.1. The number of hydrogen-bond donors (Lipinski definition) is 0. The van der Waals surface area contributed by atoms with E-state index < -0.39 is 0 Å². The minimum Gasteiger partial charge on any atom is -0.255 e. The van der Waals surface area contributed by atoms with Gasteiger partial charge in [-0.25, -0.2) is 0 Å². The molecule has 3 aromatic carbocycles. The number of rotatable bonds is 28. The van der Waals surface area contributed by atoms with Gasteiger partial charge in [-0.3, -0.25) is 9.98 Å². The van der Waals surface area contributed by atoms with Gasteiger partial charge in [0.25, 0.3) is 0 Å². The first kappa shape index (κ1) is 43.4. The van der Waals surface area contributed by atoms with Crippen molar-refractivity contribution in [2.75, 3.05) is 0 Å². The van der Waals surface area contributed by atoms with Gasteiger partial charge in [-0.15, -0.1) is 0 Å². The number of unbranched alkanes of at least 4 members (excludes halogenated alkanes) is 13. The molecule has 0 N–H and O–H groups in total. The minimum atomic E-state index is 0.864. The van der Waals surface area contributed by atoms with Crippen molar-refractivity contribution >= 4 is 23.3 Å². The average molecular weight is 705 g/mol. The fourth-order valence-corrected chi connectivity index (χ4v) is 7.62. The summed E-state index contributed by atoms with van der Waals surface area (Å²) >= 11 is 0. The number of aryl methyl sites for hydroxylation is 3. The zero-order valence-electron chi connectivity index (χ0n) is 34.6. The fraction of sp³-hybridized carbons (Fsp3) is 0.600. The lowest BCUT2D eigenvalue weighted by molar-refractivity contribution is 0.646. The van der Waals surface area contributed by atoms with Crippen molar-refractivity contribution in [3.8, 4) is 11.1 Å². The van der Waals surface area contributed by atoms with E-state index in [4.69, 9.17) is 9.98 Å². The molecule has 286 valence electrons. The fourth-order valence-electron chi connectivity index (χ4n) is 7.62. The molecule has 0 saturated heterocycles. The quantitative estimate of drug-likeness (QED) is 0.0531. The van der Waals surface area contributed by atoms with E-state index >= 15 is 0 Å². The molecule has 0 amide bonds. The van der Waals surface area contributed by atoms with Crippen LogP contribution in [-0.4, -0.2) is 11.9 Å². The van der Waals surface area contributed by atoms with E-state index in [0.29, 0.717) is 0 Å². The Morgan fingerprint density at radius 2 is 0.923 bits per heavy atom. The van der Waals surface area contributed by atoms with Crippen LogP contribution in [0.4, 0.5) is 11.4 Å². The zero-order chi connectivity index (χ0) is 37.2. The summed E-state index contributed by atoms with van der Waals surface area (Å²) in [5.74, 6) is 0. The number of nitrogens with zero attached hydrogens (tertiary/aromatic N) is 2. The highest BCUT2D eigenvalue weighted by atomic mass is 14.8. The molecule has 0 unspecified atom stereocenters. The smallest absolute Gasteiger partial charge is 0.0639 e. The lowest BCUT2D eigenvalue weighted by Gasteiger charge is -2.18. The summed E-state index contributed by atoms with van der Waals surface area (Å²) in [5, 5.41) is 0. The van der Waals surface area contributed by atoms with Gasteiger partial charge in [-0.2, -0.15) is 0 Å². The molecule has 52 heavy (non-hydrogen) atoms. The van der Waals surface area contributed by atoms with Crippen LogP contribution in [-0.2, 0) is 32.1 Å². The molecule has 0 aliphatic rings. The Bertz CT molecular complexity index is 1450. The van der Waals surface area contributed by atoms with Gasteiger partial charge in [-0.1, -0.05) is 155 Å². The van der Waals surface area contributed by atoms with E-state index in [1.807, 2.05) is 0 Å². The highest BCUT2D eigenvalue weighted by Crippen LogP contribution is 2.34. The number of benzene rings is 3. The Kier molecular flexibility index (Phi) is 22.3. The van der Waals surface area contributed by atoms with Crippen LogP contribution < -0.4 is 0 Å². The number of hydrogen-bond acceptors (Lipinski definition) is 2. The third-order valence-corrected chi connectivity index (χ3v) is 10.8. The summed E-state index contributed by atoms with van der Waals surface area (Å²) in [6, 6.07) is 20.7. The second-order valence-electron chi connectivity index (χ2n) is 15.3. The molecule has 0 aliphatic heterocycles. The van der Waals surface area contributed by atoms with Crippen LogP contribution in [0.5, 0.6) is 0 Å². The van der Waals surface area contributed by atoms with Gasteiger partial charge in [0.15, 0.2) is 0 Å². The summed E-state index contributed by atoms with van der Waals surface area (Å²) < 4.78 is 0. The van der Waals surface area contributed by atoms with E-state index in [0.717, 1.165) is 42.8 Å². The average Bonchev–Trinajstić information content (AvgIpc) is 3.17. The highest BCUT2D eigenvalue weighted by Gasteiger charge is 2.14. The molecule has 2 heteroatoms. The van der Waals surface area contributed by atoms with Crippen molar-refractivity contribution in [1.29, 1.82) is 0 Å². The molecule has 0 bridgehead atoms. The molecule has 3 rings (SSSR count). The Morgan fingerprint density at radius 1 is 0.462 bits per heavy atom. The van der Waals surface area contributed by atoms with Crippen LogP contribution in [0.3, 0.4) is 0 Å². The van der Waals surface area contributed by atoms with Gasteiger partial charge >= 0.3 is 0 Å². The minimum absolute atomic E-state index is 0.864.